The number of nitrogens with one attached hydrogen (secondary N) is 1. The highest BCUT2D eigenvalue weighted by Crippen LogP contribution is 2.38. The van der Waals surface area contributed by atoms with Crippen LogP contribution in [0.5, 0.6) is 0 Å². The number of aromatic nitrogens is 1. The number of rotatable bonds is 2. The first-order chi connectivity index (χ1) is 11.1. The van der Waals surface area contributed by atoms with Crippen LogP contribution in [0.3, 0.4) is 0 Å². The zero-order valence-corrected chi connectivity index (χ0v) is 14.8. The van der Waals surface area contributed by atoms with Crippen molar-refractivity contribution in [3.8, 4) is 11.3 Å². The smallest absolute Gasteiger partial charge is 0.278 e. The second-order valence-electron chi connectivity index (χ2n) is 5.51. The fourth-order valence-corrected chi connectivity index (χ4v) is 4.21. The van der Waals surface area contributed by atoms with Gasteiger partial charge in [0, 0.05) is 26.2 Å². The fraction of sp³-hybridized carbons (Fsp3) is 0.176. The average molecular weight is 389 g/mol. The molecule has 0 aliphatic heterocycles. The van der Waals surface area contributed by atoms with Gasteiger partial charge in [0.2, 0.25) is 0 Å². The molecule has 0 radical (unpaired) electrons. The molecule has 0 atom stereocenters. The largest absolute Gasteiger partial charge is 0.355 e. The second kappa shape index (κ2) is 5.62. The number of aryl methyl sites for hydroxylation is 2. The van der Waals surface area contributed by atoms with Crippen LogP contribution in [-0.4, -0.2) is 11.1 Å². The Bertz CT molecular complexity index is 913. The summed E-state index contributed by atoms with van der Waals surface area (Å²) in [7, 11) is 0. The van der Waals surface area contributed by atoms with E-state index < -0.39 is 0 Å². The van der Waals surface area contributed by atoms with Crippen molar-refractivity contribution in [2.45, 2.75) is 19.8 Å². The first kappa shape index (κ1) is 14.7. The van der Waals surface area contributed by atoms with E-state index in [1.54, 1.807) is 11.3 Å². The summed E-state index contributed by atoms with van der Waals surface area (Å²) in [5.41, 5.74) is 4.14. The third-order valence-corrected chi connectivity index (χ3v) is 5.51. The van der Waals surface area contributed by atoms with Crippen LogP contribution in [-0.2, 0) is 12.8 Å². The van der Waals surface area contributed by atoms with Crippen molar-refractivity contribution in [1.29, 1.82) is 0 Å². The lowest BCUT2D eigenvalue weighted by Gasteiger charge is -2.11. The van der Waals surface area contributed by atoms with Crippen molar-refractivity contribution in [3.05, 3.63) is 55.8 Å². The maximum atomic E-state index is 12.6. The van der Waals surface area contributed by atoms with Crippen molar-refractivity contribution in [2.24, 2.45) is 0 Å². The number of benzene rings is 1. The number of amides is 1. The van der Waals surface area contributed by atoms with Gasteiger partial charge in [-0.3, -0.25) is 4.79 Å². The van der Waals surface area contributed by atoms with E-state index in [2.05, 4.69) is 26.4 Å². The van der Waals surface area contributed by atoms with E-state index in [9.17, 15) is 4.79 Å². The van der Waals surface area contributed by atoms with Crippen molar-refractivity contribution >= 4 is 38.9 Å². The van der Waals surface area contributed by atoms with Gasteiger partial charge in [0.25, 0.3) is 5.91 Å². The molecule has 1 aromatic carbocycles. The van der Waals surface area contributed by atoms with Gasteiger partial charge in [-0.1, -0.05) is 21.1 Å². The maximum Gasteiger partial charge on any atom is 0.278 e. The zero-order valence-electron chi connectivity index (χ0n) is 12.4. The molecule has 0 fully saturated rings. The molecule has 0 unspecified atom stereocenters. The summed E-state index contributed by atoms with van der Waals surface area (Å²) in [5.74, 6) is 0.518. The van der Waals surface area contributed by atoms with E-state index in [1.165, 1.54) is 4.88 Å². The summed E-state index contributed by atoms with van der Waals surface area (Å²) < 4.78 is 6.45. The number of halogens is 1. The lowest BCUT2D eigenvalue weighted by molar-refractivity contribution is 0.101. The molecule has 2 aromatic heterocycles. The van der Waals surface area contributed by atoms with E-state index in [0.29, 0.717) is 5.69 Å². The first-order valence-electron chi connectivity index (χ1n) is 7.26. The Morgan fingerprint density at radius 3 is 3.04 bits per heavy atom. The molecule has 3 aromatic rings. The maximum absolute atomic E-state index is 12.6. The van der Waals surface area contributed by atoms with Crippen LogP contribution in [0.1, 0.15) is 26.5 Å². The van der Waals surface area contributed by atoms with Gasteiger partial charge in [-0.2, -0.15) is 0 Å². The summed E-state index contributed by atoms with van der Waals surface area (Å²) in [6, 6.07) is 7.77. The molecule has 0 saturated heterocycles. The van der Waals surface area contributed by atoms with Gasteiger partial charge in [-0.25, -0.2) is 0 Å². The van der Waals surface area contributed by atoms with Crippen LogP contribution >= 0.6 is 27.3 Å². The summed E-state index contributed by atoms with van der Waals surface area (Å²) in [6.07, 6.45) is 1.72. The number of thiophene rings is 1. The van der Waals surface area contributed by atoms with Crippen molar-refractivity contribution in [3.63, 3.8) is 0 Å². The number of nitrogens with zero attached hydrogens (tertiary/aromatic N) is 1. The molecule has 116 valence electrons. The molecule has 1 aliphatic rings. The van der Waals surface area contributed by atoms with Crippen LogP contribution < -0.4 is 5.32 Å². The minimum Gasteiger partial charge on any atom is -0.355 e. The fourth-order valence-electron chi connectivity index (χ4n) is 2.86. The zero-order chi connectivity index (χ0) is 16.0. The highest BCUT2D eigenvalue weighted by atomic mass is 79.9. The SMILES string of the molecule is Cc1cc(Br)ccc1NC(=O)c1noc2c1CCc1sccc1-2. The summed E-state index contributed by atoms with van der Waals surface area (Å²) in [5, 5.41) is 9.00. The van der Waals surface area contributed by atoms with Crippen LogP contribution in [0.4, 0.5) is 5.69 Å². The monoisotopic (exact) mass is 388 g/mol. The molecule has 0 saturated carbocycles. The van der Waals surface area contributed by atoms with E-state index in [1.807, 2.05) is 36.6 Å². The molecule has 0 spiro atoms. The first-order valence-corrected chi connectivity index (χ1v) is 8.93. The highest BCUT2D eigenvalue weighted by Gasteiger charge is 2.28. The van der Waals surface area contributed by atoms with E-state index in [-0.39, 0.29) is 5.91 Å². The van der Waals surface area contributed by atoms with Crippen molar-refractivity contribution in [1.82, 2.24) is 5.16 Å². The minimum atomic E-state index is -0.223. The Morgan fingerprint density at radius 2 is 2.22 bits per heavy atom. The predicted molar refractivity (Wildman–Crippen MR) is 94.1 cm³/mol. The van der Waals surface area contributed by atoms with E-state index in [0.717, 1.165) is 45.5 Å². The summed E-state index contributed by atoms with van der Waals surface area (Å²) in [4.78, 5) is 13.9. The normalized spacial score (nSPS) is 12.6. The lowest BCUT2D eigenvalue weighted by Crippen LogP contribution is -2.16. The van der Waals surface area contributed by atoms with Crippen LogP contribution in [0.25, 0.3) is 11.3 Å². The van der Waals surface area contributed by atoms with Gasteiger partial charge in [0.05, 0.1) is 0 Å². The Hall–Kier alpha value is -1.92. The quantitative estimate of drug-likeness (QED) is 0.684. The number of hydrogen-bond acceptors (Lipinski definition) is 4. The minimum absolute atomic E-state index is 0.223. The molecular formula is C17H13BrN2O2S. The second-order valence-corrected chi connectivity index (χ2v) is 7.43. The molecule has 0 bridgehead atoms. The summed E-state index contributed by atoms with van der Waals surface area (Å²) in [6.45, 7) is 1.95. The third kappa shape index (κ3) is 2.52. The topological polar surface area (TPSA) is 55.1 Å². The molecule has 23 heavy (non-hydrogen) atoms. The molecular weight excluding hydrogens is 376 g/mol. The van der Waals surface area contributed by atoms with E-state index in [4.69, 9.17) is 4.52 Å². The number of fused-ring (bicyclic) bond motifs is 3. The van der Waals surface area contributed by atoms with Crippen LogP contribution in [0.2, 0.25) is 0 Å². The Balaban J connectivity index is 1.66. The van der Waals surface area contributed by atoms with Crippen LogP contribution in [0.15, 0.2) is 38.6 Å². The third-order valence-electron chi connectivity index (χ3n) is 4.03. The Kier molecular flexibility index (Phi) is 3.58. The Morgan fingerprint density at radius 1 is 1.35 bits per heavy atom. The number of anilines is 1. The molecule has 6 heteroatoms. The average Bonchev–Trinajstić information content (AvgIpc) is 3.14. The standard InChI is InChI=1S/C17H13BrN2O2S/c1-9-8-10(18)2-4-13(9)19-17(21)15-12-3-5-14-11(6-7-23-14)16(12)22-20-15/h2,4,6-8H,3,5H2,1H3,(H,19,21). The molecule has 1 N–H and O–H groups in total. The predicted octanol–water partition coefficient (Wildman–Crippen LogP) is 4.82. The van der Waals surface area contributed by atoms with E-state index >= 15 is 0 Å². The van der Waals surface area contributed by atoms with Crippen molar-refractivity contribution < 1.29 is 9.32 Å². The molecule has 2 heterocycles. The number of carbonyl (C=O) groups is 1. The highest BCUT2D eigenvalue weighted by molar-refractivity contribution is 9.10. The van der Waals surface area contributed by atoms with Gasteiger partial charge in [-0.15, -0.1) is 11.3 Å². The van der Waals surface area contributed by atoms with Gasteiger partial charge in [0.15, 0.2) is 11.5 Å². The number of hydrogen-bond donors (Lipinski definition) is 1. The molecule has 4 nitrogen and oxygen atoms in total. The van der Waals surface area contributed by atoms with Gasteiger partial charge in [-0.05, 0) is 55.0 Å². The Labute approximate surface area is 145 Å². The van der Waals surface area contributed by atoms with Gasteiger partial charge >= 0.3 is 0 Å². The lowest BCUT2D eigenvalue weighted by atomic mass is 9.95. The molecule has 1 aliphatic carbocycles. The summed E-state index contributed by atoms with van der Waals surface area (Å²) >= 11 is 5.14. The molecule has 1 amide bonds. The number of carbonyl (C=O) groups excluding carboxylic acids is 1. The molecule has 4 rings (SSSR count). The van der Waals surface area contributed by atoms with Crippen molar-refractivity contribution in [2.75, 3.05) is 5.32 Å². The van der Waals surface area contributed by atoms with Gasteiger partial charge < -0.3 is 9.84 Å². The van der Waals surface area contributed by atoms with Gasteiger partial charge in [0.1, 0.15) is 0 Å². The van der Waals surface area contributed by atoms with Crippen LogP contribution in [0, 0.1) is 6.92 Å².